The number of amides is 1. The van der Waals surface area contributed by atoms with Gasteiger partial charge in [-0.05, 0) is 58.4 Å². The molecule has 1 amide bonds. The highest BCUT2D eigenvalue weighted by Crippen LogP contribution is 2.24. The van der Waals surface area contributed by atoms with E-state index in [1.165, 1.54) is 12.1 Å². The van der Waals surface area contributed by atoms with Gasteiger partial charge in [0.25, 0.3) is 10.0 Å². The number of rotatable bonds is 6. The molecule has 0 aliphatic carbocycles. The molecule has 1 heterocycles. The number of thiazole rings is 1. The topological polar surface area (TPSA) is 76.6 Å². The molecule has 0 aliphatic heterocycles. The van der Waals surface area contributed by atoms with Crippen molar-refractivity contribution in [2.24, 2.45) is 0 Å². The summed E-state index contributed by atoms with van der Waals surface area (Å²) < 4.78 is 33.6. The van der Waals surface area contributed by atoms with Crippen molar-refractivity contribution in [3.63, 3.8) is 0 Å². The summed E-state index contributed by atoms with van der Waals surface area (Å²) in [6.07, 6.45) is 0.152. The molecule has 0 unspecified atom stereocenters. The fourth-order valence-electron chi connectivity index (χ4n) is 2.86. The fraction of sp³-hybridized carbons (Fsp3) is 0.364. The fourth-order valence-corrected chi connectivity index (χ4v) is 5.21. The average Bonchev–Trinajstić information content (AvgIpc) is 3.06. The lowest BCUT2D eigenvalue weighted by Gasteiger charge is -2.27. The predicted molar refractivity (Wildman–Crippen MR) is 119 cm³/mol. The monoisotopic (exact) mass is 446 g/mol. The van der Waals surface area contributed by atoms with Gasteiger partial charge in [-0.2, -0.15) is 0 Å². The highest BCUT2D eigenvalue weighted by Gasteiger charge is 2.32. The van der Waals surface area contributed by atoms with Gasteiger partial charge in [0.05, 0.1) is 20.1 Å². The molecule has 0 N–H and O–H groups in total. The number of carbonyl (C=O) groups is 1. The Hall–Kier alpha value is -2.45. The number of ether oxygens (including phenoxy) is 1. The second-order valence-corrected chi connectivity index (χ2v) is 11.0. The van der Waals surface area contributed by atoms with E-state index in [9.17, 15) is 13.2 Å². The van der Waals surface area contributed by atoms with Gasteiger partial charge in [-0.15, -0.1) is 11.3 Å². The summed E-state index contributed by atoms with van der Waals surface area (Å²) in [5, 5.41) is 0.910. The lowest BCUT2D eigenvalue weighted by atomic mass is 10.2. The Morgan fingerprint density at radius 1 is 1.10 bits per heavy atom. The Kier molecular flexibility index (Phi) is 6.47. The Labute approximate surface area is 181 Å². The van der Waals surface area contributed by atoms with Gasteiger partial charge in [0.1, 0.15) is 5.60 Å². The number of fused-ring (bicyclic) bond motifs is 1. The van der Waals surface area contributed by atoms with Gasteiger partial charge in [-0.1, -0.05) is 29.8 Å². The molecule has 30 heavy (non-hydrogen) atoms. The van der Waals surface area contributed by atoms with Gasteiger partial charge in [-0.25, -0.2) is 22.5 Å². The standard InChI is InChI=1S/C22H26N2O4S2/c1-16-11-13-17(14-12-16)30(26,27)24(21(25)28-22(2,3)4)15-7-10-20-23-18-8-5-6-9-19(18)29-20/h5-6,8-9,11-14H,7,10,15H2,1-4H3. The Morgan fingerprint density at radius 2 is 1.77 bits per heavy atom. The number of nitrogens with zero attached hydrogens (tertiary/aromatic N) is 2. The van der Waals surface area contributed by atoms with Gasteiger partial charge in [-0.3, -0.25) is 0 Å². The predicted octanol–water partition coefficient (Wildman–Crippen LogP) is 5.16. The normalized spacial score (nSPS) is 12.1. The lowest BCUT2D eigenvalue weighted by Crippen LogP contribution is -2.41. The van der Waals surface area contributed by atoms with E-state index in [1.807, 2.05) is 31.2 Å². The summed E-state index contributed by atoms with van der Waals surface area (Å²) in [5.41, 5.74) is 1.06. The first-order valence-corrected chi connectivity index (χ1v) is 12.0. The Bertz CT molecular complexity index is 1100. The van der Waals surface area contributed by atoms with Gasteiger partial charge in [0, 0.05) is 13.0 Å². The van der Waals surface area contributed by atoms with E-state index in [1.54, 1.807) is 44.2 Å². The minimum atomic E-state index is -4.03. The van der Waals surface area contributed by atoms with Gasteiger partial charge >= 0.3 is 6.09 Å². The number of benzene rings is 2. The van der Waals surface area contributed by atoms with Crippen molar-refractivity contribution in [2.45, 2.75) is 51.0 Å². The van der Waals surface area contributed by atoms with Gasteiger partial charge in [0.15, 0.2) is 0 Å². The van der Waals surface area contributed by atoms with Crippen molar-refractivity contribution in [1.82, 2.24) is 9.29 Å². The molecular weight excluding hydrogens is 420 g/mol. The van der Waals surface area contributed by atoms with Crippen LogP contribution in [0.4, 0.5) is 4.79 Å². The molecule has 160 valence electrons. The van der Waals surface area contributed by atoms with E-state index in [4.69, 9.17) is 4.74 Å². The molecule has 0 aliphatic rings. The summed E-state index contributed by atoms with van der Waals surface area (Å²) in [5.74, 6) is 0. The number of para-hydroxylation sites is 1. The van der Waals surface area contributed by atoms with Crippen LogP contribution in [0.3, 0.4) is 0 Å². The summed E-state index contributed by atoms with van der Waals surface area (Å²) in [6, 6.07) is 14.3. The minimum Gasteiger partial charge on any atom is -0.443 e. The second kappa shape index (κ2) is 8.73. The smallest absolute Gasteiger partial charge is 0.424 e. The van der Waals surface area contributed by atoms with E-state index < -0.39 is 21.7 Å². The SMILES string of the molecule is Cc1ccc(S(=O)(=O)N(CCCc2nc3ccccc3s2)C(=O)OC(C)(C)C)cc1. The molecule has 0 saturated heterocycles. The van der Waals surface area contributed by atoms with Gasteiger partial charge < -0.3 is 4.74 Å². The molecule has 1 aromatic heterocycles. The molecule has 6 nitrogen and oxygen atoms in total. The minimum absolute atomic E-state index is 0.0149. The number of aryl methyl sites for hydroxylation is 2. The first kappa shape index (κ1) is 22.2. The molecule has 3 aromatic rings. The Balaban J connectivity index is 1.79. The van der Waals surface area contributed by atoms with Crippen LogP contribution in [0, 0.1) is 6.92 Å². The third-order valence-corrected chi connectivity index (χ3v) is 7.17. The van der Waals surface area contributed by atoms with Crippen LogP contribution in [0.15, 0.2) is 53.4 Å². The number of aromatic nitrogens is 1. The molecular formula is C22H26N2O4S2. The quantitative estimate of drug-likeness (QED) is 0.522. The maximum atomic E-state index is 13.2. The van der Waals surface area contributed by atoms with Crippen LogP contribution in [0.2, 0.25) is 0 Å². The Morgan fingerprint density at radius 3 is 2.40 bits per heavy atom. The number of hydrogen-bond acceptors (Lipinski definition) is 6. The lowest BCUT2D eigenvalue weighted by molar-refractivity contribution is 0.0390. The summed E-state index contributed by atoms with van der Waals surface area (Å²) >= 11 is 1.58. The third kappa shape index (κ3) is 5.37. The zero-order valence-corrected chi connectivity index (χ0v) is 19.2. The van der Waals surface area contributed by atoms with E-state index in [0.717, 1.165) is 25.1 Å². The van der Waals surface area contributed by atoms with Crippen molar-refractivity contribution in [1.29, 1.82) is 0 Å². The van der Waals surface area contributed by atoms with Crippen LogP contribution in [0.5, 0.6) is 0 Å². The van der Waals surface area contributed by atoms with Crippen LogP contribution >= 0.6 is 11.3 Å². The number of hydrogen-bond donors (Lipinski definition) is 0. The van der Waals surface area contributed by atoms with Crippen LogP contribution in [0.25, 0.3) is 10.2 Å². The number of carbonyl (C=O) groups excluding carboxylic acids is 1. The first-order valence-electron chi connectivity index (χ1n) is 9.73. The van der Waals surface area contributed by atoms with Crippen molar-refractivity contribution >= 4 is 37.7 Å². The molecule has 2 aromatic carbocycles. The van der Waals surface area contributed by atoms with Crippen LogP contribution < -0.4 is 0 Å². The average molecular weight is 447 g/mol. The maximum Gasteiger partial charge on any atom is 0.424 e. The van der Waals surface area contributed by atoms with Crippen LogP contribution in [-0.4, -0.2) is 35.9 Å². The van der Waals surface area contributed by atoms with Crippen LogP contribution in [0.1, 0.15) is 37.8 Å². The zero-order chi connectivity index (χ0) is 21.9. The zero-order valence-electron chi connectivity index (χ0n) is 17.6. The molecule has 0 atom stereocenters. The molecule has 3 rings (SSSR count). The molecule has 8 heteroatoms. The molecule has 0 spiro atoms. The van der Waals surface area contributed by atoms with Crippen molar-refractivity contribution < 1.29 is 17.9 Å². The van der Waals surface area contributed by atoms with E-state index in [0.29, 0.717) is 12.8 Å². The number of sulfonamides is 1. The molecule has 0 saturated carbocycles. The van der Waals surface area contributed by atoms with E-state index in [2.05, 4.69) is 4.98 Å². The molecule has 0 radical (unpaired) electrons. The second-order valence-electron chi connectivity index (χ2n) is 8.05. The highest BCUT2D eigenvalue weighted by molar-refractivity contribution is 7.89. The molecule has 0 bridgehead atoms. The third-order valence-electron chi connectivity index (χ3n) is 4.30. The van der Waals surface area contributed by atoms with Crippen molar-refractivity contribution in [2.75, 3.05) is 6.54 Å². The summed E-state index contributed by atoms with van der Waals surface area (Å²) in [7, 11) is -4.03. The van der Waals surface area contributed by atoms with E-state index >= 15 is 0 Å². The summed E-state index contributed by atoms with van der Waals surface area (Å²) in [6.45, 7) is 7.02. The first-order chi connectivity index (χ1) is 14.1. The van der Waals surface area contributed by atoms with Crippen molar-refractivity contribution in [3.05, 3.63) is 59.1 Å². The van der Waals surface area contributed by atoms with Crippen LogP contribution in [-0.2, 0) is 21.2 Å². The van der Waals surface area contributed by atoms with Crippen molar-refractivity contribution in [3.8, 4) is 0 Å². The molecule has 0 fully saturated rings. The largest absolute Gasteiger partial charge is 0.443 e. The summed E-state index contributed by atoms with van der Waals surface area (Å²) in [4.78, 5) is 17.4. The maximum absolute atomic E-state index is 13.2. The highest BCUT2D eigenvalue weighted by atomic mass is 32.2. The van der Waals surface area contributed by atoms with Gasteiger partial charge in [0.2, 0.25) is 0 Å². The van der Waals surface area contributed by atoms with E-state index in [-0.39, 0.29) is 11.4 Å².